The van der Waals surface area contributed by atoms with Gasteiger partial charge in [-0.2, -0.15) is 0 Å². The van der Waals surface area contributed by atoms with Crippen LogP contribution in [-0.2, 0) is 19.1 Å². The van der Waals surface area contributed by atoms with Crippen LogP contribution in [0.5, 0.6) is 0 Å². The lowest BCUT2D eigenvalue weighted by Crippen LogP contribution is -2.56. The second kappa shape index (κ2) is 8.88. The van der Waals surface area contributed by atoms with Gasteiger partial charge < -0.3 is 24.8 Å². The van der Waals surface area contributed by atoms with Crippen molar-refractivity contribution in [3.63, 3.8) is 0 Å². The quantitative estimate of drug-likeness (QED) is 0.729. The fourth-order valence-electron chi connectivity index (χ4n) is 3.75. The van der Waals surface area contributed by atoms with E-state index in [-0.39, 0.29) is 30.8 Å². The molecule has 0 aromatic carbocycles. The van der Waals surface area contributed by atoms with Crippen molar-refractivity contribution in [2.24, 2.45) is 5.41 Å². The summed E-state index contributed by atoms with van der Waals surface area (Å²) in [6, 6.07) is 0.217. The monoisotopic (exact) mass is 384 g/mol. The van der Waals surface area contributed by atoms with Crippen molar-refractivity contribution in [2.45, 2.75) is 90.3 Å². The second-order valence-corrected chi connectivity index (χ2v) is 9.01. The highest BCUT2D eigenvalue weighted by Gasteiger charge is 2.45. The molecule has 2 atom stereocenters. The van der Waals surface area contributed by atoms with Gasteiger partial charge in [-0.3, -0.25) is 9.59 Å². The molecule has 0 bridgehead atoms. The van der Waals surface area contributed by atoms with Crippen LogP contribution < -0.4 is 5.32 Å². The van der Waals surface area contributed by atoms with Gasteiger partial charge >= 0.3 is 0 Å². The van der Waals surface area contributed by atoms with Crippen LogP contribution in [0.15, 0.2) is 0 Å². The van der Waals surface area contributed by atoms with Crippen molar-refractivity contribution in [3.8, 4) is 0 Å². The third kappa shape index (κ3) is 5.90. The molecule has 2 rings (SSSR count). The van der Waals surface area contributed by atoms with Crippen molar-refractivity contribution < 1.29 is 24.2 Å². The van der Waals surface area contributed by atoms with E-state index in [0.29, 0.717) is 6.61 Å². The molecule has 7 nitrogen and oxygen atoms in total. The van der Waals surface area contributed by atoms with Gasteiger partial charge in [-0.05, 0) is 33.1 Å². The number of likely N-dealkylation sites (N-methyl/N-ethyl adjacent to an activating group) is 1. The number of hydrogen-bond acceptors (Lipinski definition) is 5. The minimum absolute atomic E-state index is 0.189. The van der Waals surface area contributed by atoms with Gasteiger partial charge in [-0.1, -0.05) is 33.1 Å². The number of aliphatic hydroxyl groups excluding tert-OH is 1. The topological polar surface area (TPSA) is 88.1 Å². The minimum atomic E-state index is -1.10. The van der Waals surface area contributed by atoms with E-state index < -0.39 is 23.4 Å². The molecule has 2 fully saturated rings. The molecule has 1 aliphatic carbocycles. The summed E-state index contributed by atoms with van der Waals surface area (Å²) in [5.41, 5.74) is -0.449. The summed E-state index contributed by atoms with van der Waals surface area (Å²) < 4.78 is 11.4. The minimum Gasteiger partial charge on any atom is -0.383 e. The van der Waals surface area contributed by atoms with Crippen LogP contribution in [0.1, 0.15) is 66.2 Å². The molecule has 2 amide bonds. The van der Waals surface area contributed by atoms with Gasteiger partial charge in [0.1, 0.15) is 12.2 Å². The standard InChI is InChI=1S/C20H36N2O5/c1-19(2)13-26-20(3,4)27-16(19)17(24)21-12-11-15(23)18(25)22(5)14-9-7-6-8-10-14/h14-16,23H,6-13H2,1-5H3,(H,21,24)/t15?,16-/m0/s1. The van der Waals surface area contributed by atoms with E-state index >= 15 is 0 Å². The molecule has 0 spiro atoms. The molecule has 0 aromatic heterocycles. The number of aliphatic hydroxyl groups is 1. The van der Waals surface area contributed by atoms with Gasteiger partial charge in [0.05, 0.1) is 6.61 Å². The first-order valence-corrected chi connectivity index (χ1v) is 10.1. The molecular formula is C20H36N2O5. The number of nitrogens with one attached hydrogen (secondary N) is 1. The van der Waals surface area contributed by atoms with E-state index in [9.17, 15) is 14.7 Å². The number of amides is 2. The lowest BCUT2D eigenvalue weighted by atomic mass is 9.85. The third-order valence-electron chi connectivity index (χ3n) is 5.61. The van der Waals surface area contributed by atoms with Crippen LogP contribution in [0, 0.1) is 5.41 Å². The number of rotatable bonds is 6. The summed E-state index contributed by atoms with van der Waals surface area (Å²) in [5, 5.41) is 13.0. The number of ether oxygens (including phenoxy) is 2. The zero-order valence-corrected chi connectivity index (χ0v) is 17.4. The van der Waals surface area contributed by atoms with Crippen molar-refractivity contribution in [1.82, 2.24) is 10.2 Å². The van der Waals surface area contributed by atoms with E-state index in [4.69, 9.17) is 9.47 Å². The second-order valence-electron chi connectivity index (χ2n) is 9.01. The zero-order chi connectivity index (χ0) is 20.2. The third-order valence-corrected chi connectivity index (χ3v) is 5.61. The maximum absolute atomic E-state index is 12.6. The fourth-order valence-corrected chi connectivity index (χ4v) is 3.75. The Balaban J connectivity index is 1.80. The average Bonchev–Trinajstić information content (AvgIpc) is 2.63. The molecule has 156 valence electrons. The number of carbonyl (C=O) groups is 2. The lowest BCUT2D eigenvalue weighted by Gasteiger charge is -2.44. The van der Waals surface area contributed by atoms with Gasteiger partial charge in [0.25, 0.3) is 5.91 Å². The Hall–Kier alpha value is -1.18. The van der Waals surface area contributed by atoms with Crippen LogP contribution >= 0.6 is 0 Å². The predicted molar refractivity (Wildman–Crippen MR) is 102 cm³/mol. The first-order valence-electron chi connectivity index (χ1n) is 10.1. The van der Waals surface area contributed by atoms with Crippen molar-refractivity contribution in [2.75, 3.05) is 20.2 Å². The molecule has 1 heterocycles. The van der Waals surface area contributed by atoms with Crippen molar-refractivity contribution in [3.05, 3.63) is 0 Å². The Morgan fingerprint density at radius 3 is 2.44 bits per heavy atom. The number of carbonyl (C=O) groups excluding carboxylic acids is 2. The van der Waals surface area contributed by atoms with Gasteiger partial charge in [-0.25, -0.2) is 0 Å². The predicted octanol–water partition coefficient (Wildman–Crippen LogP) is 1.82. The molecule has 1 aliphatic heterocycles. The summed E-state index contributed by atoms with van der Waals surface area (Å²) in [6.07, 6.45) is 3.92. The Morgan fingerprint density at radius 2 is 1.81 bits per heavy atom. The number of nitrogens with zero attached hydrogens (tertiary/aromatic N) is 1. The summed E-state index contributed by atoms with van der Waals surface area (Å²) in [7, 11) is 1.76. The largest absolute Gasteiger partial charge is 0.383 e. The van der Waals surface area contributed by atoms with Crippen molar-refractivity contribution in [1.29, 1.82) is 0 Å². The van der Waals surface area contributed by atoms with Crippen LogP contribution in [0.25, 0.3) is 0 Å². The maximum atomic E-state index is 12.6. The van der Waals surface area contributed by atoms with Gasteiger partial charge in [0.2, 0.25) is 5.91 Å². The van der Waals surface area contributed by atoms with Gasteiger partial charge in [0, 0.05) is 25.0 Å². The smallest absolute Gasteiger partial charge is 0.251 e. The highest BCUT2D eigenvalue weighted by molar-refractivity contribution is 5.82. The summed E-state index contributed by atoms with van der Waals surface area (Å²) >= 11 is 0. The maximum Gasteiger partial charge on any atom is 0.251 e. The lowest BCUT2D eigenvalue weighted by molar-refractivity contribution is -0.304. The molecular weight excluding hydrogens is 348 g/mol. The van der Waals surface area contributed by atoms with E-state index in [1.54, 1.807) is 25.8 Å². The Kier molecular flexibility index (Phi) is 7.27. The SMILES string of the molecule is CN(C(=O)C(O)CCNC(=O)[C@@H]1OC(C)(C)OCC1(C)C)C1CCCCC1. The van der Waals surface area contributed by atoms with Crippen LogP contribution in [0.3, 0.4) is 0 Å². The van der Waals surface area contributed by atoms with Crippen LogP contribution in [-0.4, -0.2) is 66.1 Å². The summed E-state index contributed by atoms with van der Waals surface area (Å²) in [6.45, 7) is 8.05. The van der Waals surface area contributed by atoms with Crippen LogP contribution in [0.4, 0.5) is 0 Å². The van der Waals surface area contributed by atoms with Gasteiger partial charge in [0.15, 0.2) is 5.79 Å². The molecule has 1 saturated heterocycles. The van der Waals surface area contributed by atoms with E-state index in [1.807, 2.05) is 13.8 Å². The molecule has 1 unspecified atom stereocenters. The van der Waals surface area contributed by atoms with Crippen LogP contribution in [0.2, 0.25) is 0 Å². The summed E-state index contributed by atoms with van der Waals surface area (Å²) in [5.74, 6) is -1.31. The normalized spacial score (nSPS) is 26.2. The Morgan fingerprint density at radius 1 is 1.19 bits per heavy atom. The highest BCUT2D eigenvalue weighted by Crippen LogP contribution is 2.34. The molecule has 2 N–H and O–H groups in total. The molecule has 7 heteroatoms. The van der Waals surface area contributed by atoms with Crippen molar-refractivity contribution >= 4 is 11.8 Å². The molecule has 2 aliphatic rings. The molecule has 27 heavy (non-hydrogen) atoms. The first-order chi connectivity index (χ1) is 12.5. The molecule has 0 radical (unpaired) electrons. The highest BCUT2D eigenvalue weighted by atomic mass is 16.7. The Bertz CT molecular complexity index is 528. The van der Waals surface area contributed by atoms with E-state index in [1.165, 1.54) is 6.42 Å². The number of hydrogen-bond donors (Lipinski definition) is 2. The zero-order valence-electron chi connectivity index (χ0n) is 17.4. The fraction of sp³-hybridized carbons (Fsp3) is 0.900. The summed E-state index contributed by atoms with van der Waals surface area (Å²) in [4.78, 5) is 26.7. The van der Waals surface area contributed by atoms with E-state index in [0.717, 1.165) is 25.7 Å². The Labute approximate surface area is 162 Å². The molecule has 1 saturated carbocycles. The van der Waals surface area contributed by atoms with Gasteiger partial charge in [-0.15, -0.1) is 0 Å². The van der Waals surface area contributed by atoms with E-state index in [2.05, 4.69) is 5.32 Å². The average molecular weight is 385 g/mol. The molecule has 0 aromatic rings. The first kappa shape index (κ1) is 22.1.